The SMILES string of the molecule is O=C(O)C(F)(F)c1cc(Br)c(Oc2ccc3[nH]cc(Cc4ccc(Cl)cc4)c3c2)c(Br)c1. The lowest BCUT2D eigenvalue weighted by Gasteiger charge is -2.16. The number of aliphatic carboxylic acids is 1. The van der Waals surface area contributed by atoms with Crippen molar-refractivity contribution in [1.29, 1.82) is 0 Å². The van der Waals surface area contributed by atoms with Crippen LogP contribution in [0.15, 0.2) is 69.7 Å². The first-order valence-electron chi connectivity index (χ1n) is 9.28. The summed E-state index contributed by atoms with van der Waals surface area (Å²) in [4.78, 5) is 14.1. The number of fused-ring (bicyclic) bond motifs is 1. The number of aromatic nitrogens is 1. The number of hydrogen-bond acceptors (Lipinski definition) is 2. The van der Waals surface area contributed by atoms with Crippen molar-refractivity contribution in [3.8, 4) is 11.5 Å². The largest absolute Gasteiger partial charge is 0.477 e. The Kier molecular flexibility index (Phi) is 6.29. The Morgan fingerprint density at radius 3 is 2.34 bits per heavy atom. The molecule has 1 aromatic heterocycles. The number of carboxylic acid groups (broad SMARTS) is 1. The molecule has 9 heteroatoms. The summed E-state index contributed by atoms with van der Waals surface area (Å²) in [7, 11) is 0. The Labute approximate surface area is 203 Å². The third-order valence-electron chi connectivity index (χ3n) is 4.90. The smallest absolute Gasteiger partial charge is 0.379 e. The van der Waals surface area contributed by atoms with E-state index in [0.717, 1.165) is 34.2 Å². The number of nitrogens with one attached hydrogen (secondary N) is 1. The van der Waals surface area contributed by atoms with Gasteiger partial charge in [0, 0.05) is 27.7 Å². The first-order valence-corrected chi connectivity index (χ1v) is 11.2. The van der Waals surface area contributed by atoms with Gasteiger partial charge in [0.1, 0.15) is 5.75 Å². The molecule has 0 saturated carbocycles. The van der Waals surface area contributed by atoms with Crippen LogP contribution in [0.2, 0.25) is 5.02 Å². The monoisotopic (exact) mass is 583 g/mol. The third kappa shape index (κ3) is 4.53. The molecule has 0 fully saturated rings. The summed E-state index contributed by atoms with van der Waals surface area (Å²) >= 11 is 12.4. The van der Waals surface area contributed by atoms with Crippen LogP contribution in [0.25, 0.3) is 10.9 Å². The summed E-state index contributed by atoms with van der Waals surface area (Å²) in [5.41, 5.74) is 2.42. The maximum absolute atomic E-state index is 13.9. The first kappa shape index (κ1) is 22.8. The molecule has 3 aromatic carbocycles. The highest BCUT2D eigenvalue weighted by Gasteiger charge is 2.41. The second-order valence-electron chi connectivity index (χ2n) is 7.08. The van der Waals surface area contributed by atoms with E-state index in [1.54, 1.807) is 6.07 Å². The van der Waals surface area contributed by atoms with Crippen LogP contribution >= 0.6 is 43.5 Å². The number of carbonyl (C=O) groups is 1. The molecule has 0 aliphatic carbocycles. The number of H-pyrrole nitrogens is 1. The van der Waals surface area contributed by atoms with Crippen molar-refractivity contribution in [3.63, 3.8) is 0 Å². The minimum atomic E-state index is -4.02. The average Bonchev–Trinajstić information content (AvgIpc) is 3.14. The maximum atomic E-state index is 13.9. The van der Waals surface area contributed by atoms with Crippen molar-refractivity contribution >= 4 is 60.3 Å². The van der Waals surface area contributed by atoms with Gasteiger partial charge in [-0.3, -0.25) is 0 Å². The zero-order valence-corrected chi connectivity index (χ0v) is 20.1. The molecule has 164 valence electrons. The molecule has 0 spiro atoms. The highest BCUT2D eigenvalue weighted by Crippen LogP contribution is 2.42. The molecule has 0 amide bonds. The van der Waals surface area contributed by atoms with Gasteiger partial charge >= 0.3 is 11.9 Å². The van der Waals surface area contributed by atoms with E-state index < -0.39 is 17.5 Å². The quantitative estimate of drug-likeness (QED) is 0.242. The molecule has 0 aliphatic rings. The van der Waals surface area contributed by atoms with Gasteiger partial charge in [0.2, 0.25) is 0 Å². The van der Waals surface area contributed by atoms with E-state index in [0.29, 0.717) is 17.2 Å². The minimum Gasteiger partial charge on any atom is -0.477 e. The maximum Gasteiger partial charge on any atom is 0.379 e. The van der Waals surface area contributed by atoms with Crippen molar-refractivity contribution in [2.75, 3.05) is 0 Å². The van der Waals surface area contributed by atoms with Gasteiger partial charge in [-0.2, -0.15) is 8.78 Å². The van der Waals surface area contributed by atoms with Crippen LogP contribution < -0.4 is 4.74 Å². The molecule has 4 nitrogen and oxygen atoms in total. The summed E-state index contributed by atoms with van der Waals surface area (Å²) in [6, 6.07) is 15.2. The van der Waals surface area contributed by atoms with Gasteiger partial charge in [-0.05, 0) is 91.9 Å². The van der Waals surface area contributed by atoms with Gasteiger partial charge in [0.05, 0.1) is 8.95 Å². The summed E-state index contributed by atoms with van der Waals surface area (Å²) < 4.78 is 34.1. The van der Waals surface area contributed by atoms with Gasteiger partial charge in [-0.1, -0.05) is 23.7 Å². The Morgan fingerprint density at radius 1 is 1.06 bits per heavy atom. The molecule has 4 aromatic rings. The molecule has 0 bridgehead atoms. The number of alkyl halides is 2. The standard InChI is InChI=1S/C23H14Br2ClF2NO3/c24-18-8-14(23(27,28)22(30)31)9-19(25)21(18)32-16-5-6-20-17(10-16)13(11-29-20)7-12-1-3-15(26)4-2-12/h1-6,8-11,29H,7H2,(H,30,31). The number of hydrogen-bond donors (Lipinski definition) is 2. The van der Waals surface area contributed by atoms with Crippen molar-refractivity contribution in [2.24, 2.45) is 0 Å². The summed E-state index contributed by atoms with van der Waals surface area (Å²) in [5.74, 6) is -5.50. The number of aromatic amines is 1. The first-order chi connectivity index (χ1) is 15.1. The second-order valence-corrected chi connectivity index (χ2v) is 9.22. The van der Waals surface area contributed by atoms with Crippen molar-refractivity contribution in [1.82, 2.24) is 4.98 Å². The molecule has 0 saturated heterocycles. The average molecular weight is 586 g/mol. The van der Waals surface area contributed by atoms with Gasteiger partial charge < -0.3 is 14.8 Å². The molecule has 1 heterocycles. The number of halogens is 5. The zero-order chi connectivity index (χ0) is 23.0. The lowest BCUT2D eigenvalue weighted by molar-refractivity contribution is -0.166. The molecule has 0 atom stereocenters. The molecular weight excluding hydrogens is 572 g/mol. The lowest BCUT2D eigenvalue weighted by Crippen LogP contribution is -2.25. The summed E-state index contributed by atoms with van der Waals surface area (Å²) in [6.07, 6.45) is 2.62. The number of carboxylic acids is 1. The predicted octanol–water partition coefficient (Wildman–Crippen LogP) is 7.91. The Morgan fingerprint density at radius 2 is 1.72 bits per heavy atom. The van der Waals surface area contributed by atoms with E-state index >= 15 is 0 Å². The molecule has 0 unspecified atom stereocenters. The van der Waals surface area contributed by atoms with E-state index in [9.17, 15) is 13.6 Å². The van der Waals surface area contributed by atoms with Crippen LogP contribution in [0, 0.1) is 0 Å². The van der Waals surface area contributed by atoms with E-state index in [-0.39, 0.29) is 14.7 Å². The highest BCUT2D eigenvalue weighted by atomic mass is 79.9. The van der Waals surface area contributed by atoms with Crippen molar-refractivity contribution in [2.45, 2.75) is 12.3 Å². The van der Waals surface area contributed by atoms with Crippen LogP contribution in [0.5, 0.6) is 11.5 Å². The Bertz CT molecular complexity index is 1300. The zero-order valence-electron chi connectivity index (χ0n) is 16.1. The van der Waals surface area contributed by atoms with Gasteiger partial charge in [0.15, 0.2) is 5.75 Å². The molecule has 0 aliphatic heterocycles. The van der Waals surface area contributed by atoms with Gasteiger partial charge in [0.25, 0.3) is 0 Å². The van der Waals surface area contributed by atoms with Crippen molar-refractivity contribution < 1.29 is 23.4 Å². The normalized spacial score (nSPS) is 11.7. The third-order valence-corrected chi connectivity index (χ3v) is 6.33. The predicted molar refractivity (Wildman–Crippen MR) is 126 cm³/mol. The number of benzene rings is 3. The summed E-state index contributed by atoms with van der Waals surface area (Å²) in [5, 5.41) is 10.4. The minimum absolute atomic E-state index is 0.193. The van der Waals surface area contributed by atoms with Crippen LogP contribution in [0.4, 0.5) is 8.78 Å². The van der Waals surface area contributed by atoms with Crippen LogP contribution in [-0.4, -0.2) is 16.1 Å². The Hall–Kier alpha value is -2.42. The van der Waals surface area contributed by atoms with Crippen LogP contribution in [0.1, 0.15) is 16.7 Å². The van der Waals surface area contributed by atoms with E-state index in [1.165, 1.54) is 0 Å². The van der Waals surface area contributed by atoms with Gasteiger partial charge in [-0.15, -0.1) is 0 Å². The van der Waals surface area contributed by atoms with E-state index in [4.69, 9.17) is 21.4 Å². The summed E-state index contributed by atoms with van der Waals surface area (Å²) in [6.45, 7) is 0. The fourth-order valence-corrected chi connectivity index (χ4v) is 4.74. The van der Waals surface area contributed by atoms with E-state index in [1.807, 2.05) is 42.6 Å². The van der Waals surface area contributed by atoms with Crippen LogP contribution in [0.3, 0.4) is 0 Å². The van der Waals surface area contributed by atoms with Gasteiger partial charge in [-0.25, -0.2) is 4.79 Å². The molecule has 2 N–H and O–H groups in total. The number of ether oxygens (including phenoxy) is 1. The molecular formula is C23H14Br2ClF2NO3. The molecule has 32 heavy (non-hydrogen) atoms. The second kappa shape index (κ2) is 8.84. The molecule has 4 rings (SSSR count). The van der Waals surface area contributed by atoms with Crippen molar-refractivity contribution in [3.05, 3.63) is 91.5 Å². The lowest BCUT2D eigenvalue weighted by atomic mass is 10.0. The number of rotatable bonds is 6. The molecule has 0 radical (unpaired) electrons. The Balaban J connectivity index is 1.65. The fourth-order valence-electron chi connectivity index (χ4n) is 3.27. The highest BCUT2D eigenvalue weighted by molar-refractivity contribution is 9.11. The topological polar surface area (TPSA) is 62.3 Å². The van der Waals surface area contributed by atoms with Crippen LogP contribution in [-0.2, 0) is 17.1 Å². The fraction of sp³-hybridized carbons (Fsp3) is 0.0870. The van der Waals surface area contributed by atoms with E-state index in [2.05, 4.69) is 36.8 Å².